The summed E-state index contributed by atoms with van der Waals surface area (Å²) in [4.78, 5) is 13.9. The number of carbonyl (C=O) groups is 1. The van der Waals surface area contributed by atoms with Crippen LogP contribution in [0.2, 0.25) is 5.02 Å². The van der Waals surface area contributed by atoms with Crippen molar-refractivity contribution >= 4 is 39.2 Å². The van der Waals surface area contributed by atoms with Gasteiger partial charge in [0.05, 0.1) is 10.7 Å². The van der Waals surface area contributed by atoms with Crippen molar-refractivity contribution in [2.24, 2.45) is 5.92 Å². The van der Waals surface area contributed by atoms with Crippen LogP contribution in [0.1, 0.15) is 19.8 Å². The lowest BCUT2D eigenvalue weighted by Crippen LogP contribution is -2.41. The number of halogens is 3. The van der Waals surface area contributed by atoms with E-state index in [1.165, 1.54) is 12.1 Å². The molecule has 1 unspecified atom stereocenters. The Labute approximate surface area is 125 Å². The lowest BCUT2D eigenvalue weighted by atomic mass is 10.0. The van der Waals surface area contributed by atoms with Gasteiger partial charge in [-0.3, -0.25) is 0 Å². The topological polar surface area (TPSA) is 32.3 Å². The quantitative estimate of drug-likeness (QED) is 0.795. The Balaban J connectivity index is 2.10. The van der Waals surface area contributed by atoms with Crippen molar-refractivity contribution in [1.82, 2.24) is 4.90 Å². The molecule has 1 atom stereocenters. The Morgan fingerprint density at radius 1 is 1.58 bits per heavy atom. The normalized spacial score (nSPS) is 19.4. The van der Waals surface area contributed by atoms with Crippen LogP contribution in [0.25, 0.3) is 0 Å². The number of nitrogens with one attached hydrogen (secondary N) is 1. The lowest BCUT2D eigenvalue weighted by Gasteiger charge is -2.31. The summed E-state index contributed by atoms with van der Waals surface area (Å²) in [5.74, 6) is 0.0631. The van der Waals surface area contributed by atoms with E-state index in [9.17, 15) is 9.18 Å². The number of anilines is 1. The largest absolute Gasteiger partial charge is 0.324 e. The van der Waals surface area contributed by atoms with Crippen LogP contribution in [0.5, 0.6) is 0 Å². The summed E-state index contributed by atoms with van der Waals surface area (Å²) in [5.41, 5.74) is 0.409. The first kappa shape index (κ1) is 14.6. The number of nitrogens with zero attached hydrogens (tertiary/aromatic N) is 1. The van der Waals surface area contributed by atoms with Crippen LogP contribution in [-0.4, -0.2) is 24.0 Å². The average Bonchev–Trinajstić information content (AvgIpc) is 2.33. The van der Waals surface area contributed by atoms with Gasteiger partial charge in [0.2, 0.25) is 0 Å². The molecule has 0 saturated carbocycles. The third kappa shape index (κ3) is 3.60. The molecule has 1 heterocycles. The van der Waals surface area contributed by atoms with Crippen molar-refractivity contribution in [2.45, 2.75) is 19.8 Å². The molecule has 1 N–H and O–H groups in total. The summed E-state index contributed by atoms with van der Waals surface area (Å²) in [6, 6.07) is 2.27. The molecular formula is C13H15BrClFN2O. The summed E-state index contributed by atoms with van der Waals surface area (Å²) in [6.45, 7) is 3.61. The molecule has 0 bridgehead atoms. The van der Waals surface area contributed by atoms with Gasteiger partial charge in [-0.25, -0.2) is 9.18 Å². The van der Waals surface area contributed by atoms with Crippen LogP contribution in [0, 0.1) is 11.7 Å². The zero-order chi connectivity index (χ0) is 14.0. The maximum Gasteiger partial charge on any atom is 0.321 e. The summed E-state index contributed by atoms with van der Waals surface area (Å²) < 4.78 is 13.6. The number of hydrogen-bond acceptors (Lipinski definition) is 1. The van der Waals surface area contributed by atoms with Crippen LogP contribution in [-0.2, 0) is 0 Å². The van der Waals surface area contributed by atoms with Gasteiger partial charge in [-0.15, -0.1) is 0 Å². The van der Waals surface area contributed by atoms with Crippen molar-refractivity contribution in [2.75, 3.05) is 18.4 Å². The molecule has 1 saturated heterocycles. The van der Waals surface area contributed by atoms with E-state index in [2.05, 4.69) is 28.2 Å². The Hall–Kier alpha value is -0.810. The Kier molecular flexibility index (Phi) is 4.68. The van der Waals surface area contributed by atoms with Gasteiger partial charge in [-0.2, -0.15) is 0 Å². The first-order valence-electron chi connectivity index (χ1n) is 6.18. The highest BCUT2D eigenvalue weighted by molar-refractivity contribution is 9.10. The number of likely N-dealkylation sites (tertiary alicyclic amines) is 1. The van der Waals surface area contributed by atoms with E-state index in [1.807, 2.05) is 0 Å². The van der Waals surface area contributed by atoms with Crippen LogP contribution in [0.3, 0.4) is 0 Å². The lowest BCUT2D eigenvalue weighted by molar-refractivity contribution is 0.182. The van der Waals surface area contributed by atoms with E-state index in [0.717, 1.165) is 25.9 Å². The summed E-state index contributed by atoms with van der Waals surface area (Å²) in [7, 11) is 0. The first-order chi connectivity index (χ1) is 8.97. The molecule has 0 radical (unpaired) electrons. The fourth-order valence-electron chi connectivity index (χ4n) is 2.22. The molecule has 3 nitrogen and oxygen atoms in total. The van der Waals surface area contributed by atoms with Crippen LogP contribution in [0.4, 0.5) is 14.9 Å². The van der Waals surface area contributed by atoms with Gasteiger partial charge in [0, 0.05) is 17.6 Å². The van der Waals surface area contributed by atoms with Gasteiger partial charge >= 0.3 is 6.03 Å². The van der Waals surface area contributed by atoms with E-state index >= 15 is 0 Å². The molecule has 2 amide bonds. The van der Waals surface area contributed by atoms with Crippen molar-refractivity contribution in [3.63, 3.8) is 0 Å². The van der Waals surface area contributed by atoms with Gasteiger partial charge in [-0.05, 0) is 46.8 Å². The van der Waals surface area contributed by atoms with Crippen molar-refractivity contribution in [1.29, 1.82) is 0 Å². The van der Waals surface area contributed by atoms with Gasteiger partial charge in [-0.1, -0.05) is 18.5 Å². The Morgan fingerprint density at radius 2 is 2.32 bits per heavy atom. The molecule has 1 aromatic rings. The highest BCUT2D eigenvalue weighted by Crippen LogP contribution is 2.32. The van der Waals surface area contributed by atoms with Crippen molar-refractivity contribution in [3.8, 4) is 0 Å². The maximum absolute atomic E-state index is 13.1. The monoisotopic (exact) mass is 348 g/mol. The van der Waals surface area contributed by atoms with Crippen LogP contribution >= 0.6 is 27.5 Å². The van der Waals surface area contributed by atoms with E-state index < -0.39 is 5.82 Å². The van der Waals surface area contributed by atoms with Gasteiger partial charge in [0.1, 0.15) is 5.82 Å². The zero-order valence-electron chi connectivity index (χ0n) is 10.5. The average molecular weight is 350 g/mol. The molecule has 1 aliphatic heterocycles. The fraction of sp³-hybridized carbons (Fsp3) is 0.462. The molecule has 2 rings (SSSR count). The van der Waals surface area contributed by atoms with Gasteiger partial charge < -0.3 is 10.2 Å². The molecule has 104 valence electrons. The summed E-state index contributed by atoms with van der Waals surface area (Å²) in [5, 5.41) is 2.92. The predicted molar refractivity (Wildman–Crippen MR) is 78.1 cm³/mol. The molecular weight excluding hydrogens is 335 g/mol. The predicted octanol–water partition coefficient (Wildman–Crippen LogP) is 4.51. The Morgan fingerprint density at radius 3 is 2.95 bits per heavy atom. The first-order valence-corrected chi connectivity index (χ1v) is 7.35. The fourth-order valence-corrected chi connectivity index (χ4v) is 3.12. The van der Waals surface area contributed by atoms with Gasteiger partial charge in [0.15, 0.2) is 0 Å². The van der Waals surface area contributed by atoms with Gasteiger partial charge in [0.25, 0.3) is 0 Å². The molecule has 6 heteroatoms. The maximum atomic E-state index is 13.1. The number of amides is 2. The summed E-state index contributed by atoms with van der Waals surface area (Å²) >= 11 is 9.15. The number of piperidine rings is 1. The van der Waals surface area contributed by atoms with E-state index in [4.69, 9.17) is 11.6 Å². The molecule has 0 aromatic heterocycles. The molecule has 1 fully saturated rings. The number of urea groups is 1. The van der Waals surface area contributed by atoms with Crippen LogP contribution in [0.15, 0.2) is 16.6 Å². The molecule has 1 aliphatic rings. The van der Waals surface area contributed by atoms with E-state index in [-0.39, 0.29) is 11.1 Å². The molecule has 1 aromatic carbocycles. The van der Waals surface area contributed by atoms with Crippen molar-refractivity contribution < 1.29 is 9.18 Å². The number of carbonyl (C=O) groups excluding carboxylic acids is 1. The van der Waals surface area contributed by atoms with E-state index in [1.54, 1.807) is 4.90 Å². The standard InChI is InChI=1S/C13H15BrClFN2O/c1-8-3-2-4-18(7-8)13(19)17-12-10(14)5-9(16)6-11(12)15/h5-6,8H,2-4,7H2,1H3,(H,17,19). The number of rotatable bonds is 1. The highest BCUT2D eigenvalue weighted by Gasteiger charge is 2.22. The van der Waals surface area contributed by atoms with Crippen LogP contribution < -0.4 is 5.32 Å². The highest BCUT2D eigenvalue weighted by atomic mass is 79.9. The second kappa shape index (κ2) is 6.09. The minimum Gasteiger partial charge on any atom is -0.324 e. The molecule has 19 heavy (non-hydrogen) atoms. The molecule has 0 spiro atoms. The Bertz CT molecular complexity index is 475. The van der Waals surface area contributed by atoms with Crippen molar-refractivity contribution in [3.05, 3.63) is 27.4 Å². The second-order valence-electron chi connectivity index (χ2n) is 4.87. The zero-order valence-corrected chi connectivity index (χ0v) is 12.9. The number of benzene rings is 1. The van der Waals surface area contributed by atoms with E-state index in [0.29, 0.717) is 16.1 Å². The third-order valence-electron chi connectivity index (χ3n) is 3.18. The minimum atomic E-state index is -0.443. The third-order valence-corrected chi connectivity index (χ3v) is 4.11. The minimum absolute atomic E-state index is 0.185. The smallest absolute Gasteiger partial charge is 0.321 e. The SMILES string of the molecule is CC1CCCN(C(=O)Nc2c(Cl)cc(F)cc2Br)C1. The summed E-state index contributed by atoms with van der Waals surface area (Å²) in [6.07, 6.45) is 2.15. The number of hydrogen-bond donors (Lipinski definition) is 1. The second-order valence-corrected chi connectivity index (χ2v) is 6.13. The molecule has 0 aliphatic carbocycles.